The van der Waals surface area contributed by atoms with Crippen LogP contribution in [0, 0.1) is 11.7 Å². The monoisotopic (exact) mass is 543 g/mol. The van der Waals surface area contributed by atoms with Gasteiger partial charge in [0, 0.05) is 18.0 Å². The number of aryl methyl sites for hydroxylation is 1. The van der Waals surface area contributed by atoms with Crippen LogP contribution in [-0.2, 0) is 26.1 Å². The number of pyridine rings is 1. The van der Waals surface area contributed by atoms with Gasteiger partial charge < -0.3 is 24.5 Å². The molecule has 5 rings (SSSR count). The second-order valence-corrected chi connectivity index (χ2v) is 10.9. The minimum absolute atomic E-state index is 0.0693. The SMILES string of the molecule is CCOC(=O)C(C)Oc1ccc2c(c1)S(=O)(=O)N=C(c1c(O)c3cc(F)ccc3n(CCC3CC3)c1=O)N2. The molecule has 10 nitrogen and oxygen atoms in total. The zero-order chi connectivity index (χ0) is 27.2. The van der Waals surface area contributed by atoms with E-state index in [2.05, 4.69) is 9.71 Å². The number of rotatable bonds is 8. The van der Waals surface area contributed by atoms with Crippen molar-refractivity contribution in [2.45, 2.75) is 50.7 Å². The van der Waals surface area contributed by atoms with Crippen LogP contribution < -0.4 is 15.6 Å². The Kier molecular flexibility index (Phi) is 6.59. The van der Waals surface area contributed by atoms with Gasteiger partial charge in [-0.05, 0) is 56.5 Å². The molecule has 1 fully saturated rings. The summed E-state index contributed by atoms with van der Waals surface area (Å²) >= 11 is 0. The molecular weight excluding hydrogens is 517 g/mol. The van der Waals surface area contributed by atoms with Gasteiger partial charge in [0.15, 0.2) is 11.9 Å². The second-order valence-electron chi connectivity index (χ2n) is 9.28. The highest BCUT2D eigenvalue weighted by molar-refractivity contribution is 7.90. The van der Waals surface area contributed by atoms with E-state index in [0.717, 1.165) is 25.3 Å². The lowest BCUT2D eigenvalue weighted by molar-refractivity contribution is -0.150. The zero-order valence-corrected chi connectivity index (χ0v) is 21.5. The minimum atomic E-state index is -4.36. The highest BCUT2D eigenvalue weighted by Gasteiger charge is 2.31. The van der Waals surface area contributed by atoms with Gasteiger partial charge in [-0.3, -0.25) is 4.79 Å². The molecule has 2 aromatic carbocycles. The van der Waals surface area contributed by atoms with Crippen LogP contribution in [0.5, 0.6) is 11.5 Å². The summed E-state index contributed by atoms with van der Waals surface area (Å²) in [5.74, 6) is -1.57. The first-order chi connectivity index (χ1) is 18.1. The average molecular weight is 544 g/mol. The maximum Gasteiger partial charge on any atom is 0.347 e. The highest BCUT2D eigenvalue weighted by atomic mass is 32.2. The molecule has 0 bridgehead atoms. The molecule has 2 N–H and O–H groups in total. The Bertz CT molecular complexity index is 1640. The molecule has 1 aromatic heterocycles. The Labute approximate surface area is 217 Å². The number of halogens is 1. The van der Waals surface area contributed by atoms with Gasteiger partial charge in [0.25, 0.3) is 15.6 Å². The van der Waals surface area contributed by atoms with Crippen molar-refractivity contribution < 1.29 is 32.2 Å². The van der Waals surface area contributed by atoms with Crippen molar-refractivity contribution >= 4 is 38.4 Å². The molecule has 3 aromatic rings. The van der Waals surface area contributed by atoms with E-state index in [9.17, 15) is 27.5 Å². The maximum absolute atomic E-state index is 14.1. The molecule has 2 aliphatic rings. The third kappa shape index (κ3) is 4.83. The number of nitrogens with zero attached hydrogens (tertiary/aromatic N) is 2. The van der Waals surface area contributed by atoms with Crippen molar-refractivity contribution in [1.82, 2.24) is 4.57 Å². The van der Waals surface area contributed by atoms with Crippen molar-refractivity contribution in [3.8, 4) is 11.5 Å². The Morgan fingerprint density at radius 1 is 1.26 bits per heavy atom. The fourth-order valence-corrected chi connectivity index (χ4v) is 5.54. The Balaban J connectivity index is 1.56. The second kappa shape index (κ2) is 9.75. The van der Waals surface area contributed by atoms with E-state index in [0.29, 0.717) is 18.0 Å². The third-order valence-electron chi connectivity index (χ3n) is 6.52. The average Bonchev–Trinajstić information content (AvgIpc) is 3.69. The summed E-state index contributed by atoms with van der Waals surface area (Å²) in [5.41, 5.74) is -0.580. The van der Waals surface area contributed by atoms with Crippen LogP contribution in [0.2, 0.25) is 0 Å². The number of ether oxygens (including phenoxy) is 2. The minimum Gasteiger partial charge on any atom is -0.506 e. The quantitative estimate of drug-likeness (QED) is 0.412. The fourth-order valence-electron chi connectivity index (χ4n) is 4.40. The van der Waals surface area contributed by atoms with Crippen LogP contribution in [-0.4, -0.2) is 42.6 Å². The van der Waals surface area contributed by atoms with E-state index in [1.165, 1.54) is 41.8 Å². The molecule has 0 spiro atoms. The number of hydrogen-bond donors (Lipinski definition) is 2. The van der Waals surface area contributed by atoms with Crippen LogP contribution in [0.3, 0.4) is 0 Å². The lowest BCUT2D eigenvalue weighted by Crippen LogP contribution is -2.33. The first-order valence-corrected chi connectivity index (χ1v) is 13.7. The van der Waals surface area contributed by atoms with Gasteiger partial charge in [-0.25, -0.2) is 9.18 Å². The van der Waals surface area contributed by atoms with Crippen LogP contribution in [0.1, 0.15) is 38.7 Å². The number of benzene rings is 2. The van der Waals surface area contributed by atoms with Crippen LogP contribution in [0.15, 0.2) is 50.5 Å². The normalized spacial score (nSPS) is 16.8. The van der Waals surface area contributed by atoms with Gasteiger partial charge in [0.05, 0.1) is 17.8 Å². The molecule has 38 heavy (non-hydrogen) atoms. The van der Waals surface area contributed by atoms with Crippen molar-refractivity contribution in [3.05, 3.63) is 58.1 Å². The molecule has 0 radical (unpaired) electrons. The van der Waals surface area contributed by atoms with Crippen molar-refractivity contribution in [3.63, 3.8) is 0 Å². The lowest BCUT2D eigenvalue weighted by Gasteiger charge is -2.21. The van der Waals surface area contributed by atoms with Gasteiger partial charge in [-0.15, -0.1) is 4.40 Å². The Hall–Kier alpha value is -3.93. The molecule has 1 aliphatic carbocycles. The summed E-state index contributed by atoms with van der Waals surface area (Å²) in [6.45, 7) is 3.63. The largest absolute Gasteiger partial charge is 0.506 e. The number of fused-ring (bicyclic) bond motifs is 2. The van der Waals surface area contributed by atoms with Crippen LogP contribution in [0.4, 0.5) is 10.1 Å². The summed E-state index contributed by atoms with van der Waals surface area (Å²) in [6.07, 6.45) is 1.89. The van der Waals surface area contributed by atoms with Crippen LogP contribution >= 0.6 is 0 Å². The molecule has 2 heterocycles. The van der Waals surface area contributed by atoms with E-state index in [4.69, 9.17) is 9.47 Å². The number of aromatic hydroxyl groups is 1. The molecule has 12 heteroatoms. The maximum atomic E-state index is 14.1. The molecule has 1 aliphatic heterocycles. The first-order valence-electron chi connectivity index (χ1n) is 12.2. The number of carbonyl (C=O) groups is 1. The summed E-state index contributed by atoms with van der Waals surface area (Å²) in [4.78, 5) is 25.2. The third-order valence-corrected chi connectivity index (χ3v) is 7.84. The number of anilines is 1. The number of hydrogen-bond acceptors (Lipinski definition) is 8. The number of nitrogens with one attached hydrogen (secondary N) is 1. The van der Waals surface area contributed by atoms with E-state index in [1.54, 1.807) is 6.92 Å². The highest BCUT2D eigenvalue weighted by Crippen LogP contribution is 2.36. The number of sulfonamides is 1. The van der Waals surface area contributed by atoms with E-state index >= 15 is 0 Å². The summed E-state index contributed by atoms with van der Waals surface area (Å²) in [7, 11) is -4.36. The molecule has 0 saturated heterocycles. The molecule has 1 atom stereocenters. The number of amidine groups is 1. The summed E-state index contributed by atoms with van der Waals surface area (Å²) in [6, 6.07) is 7.78. The van der Waals surface area contributed by atoms with Crippen molar-refractivity contribution in [1.29, 1.82) is 0 Å². The fraction of sp³-hybridized carbons (Fsp3) is 0.346. The Morgan fingerprint density at radius 2 is 2.03 bits per heavy atom. The number of esters is 1. The lowest BCUT2D eigenvalue weighted by atomic mass is 10.1. The Morgan fingerprint density at radius 3 is 2.74 bits per heavy atom. The molecular formula is C26H26FN3O7S. The van der Waals surface area contributed by atoms with E-state index in [-0.39, 0.29) is 39.7 Å². The number of carbonyl (C=O) groups excluding carboxylic acids is 1. The van der Waals surface area contributed by atoms with Crippen molar-refractivity contribution in [2.24, 2.45) is 10.3 Å². The van der Waals surface area contributed by atoms with Crippen molar-refractivity contribution in [2.75, 3.05) is 11.9 Å². The topological polar surface area (TPSA) is 136 Å². The van der Waals surface area contributed by atoms with Gasteiger partial charge in [0.1, 0.15) is 27.8 Å². The van der Waals surface area contributed by atoms with Gasteiger partial charge in [-0.1, -0.05) is 12.8 Å². The summed E-state index contributed by atoms with van der Waals surface area (Å²) in [5, 5.41) is 13.9. The van der Waals surface area contributed by atoms with E-state index in [1.807, 2.05) is 0 Å². The molecule has 200 valence electrons. The van der Waals surface area contributed by atoms with Gasteiger partial charge in [0.2, 0.25) is 0 Å². The molecule has 0 amide bonds. The predicted octanol–water partition coefficient (Wildman–Crippen LogP) is 3.54. The van der Waals surface area contributed by atoms with E-state index < -0.39 is 39.2 Å². The zero-order valence-electron chi connectivity index (χ0n) is 20.7. The summed E-state index contributed by atoms with van der Waals surface area (Å²) < 4.78 is 56.0. The van der Waals surface area contributed by atoms with Gasteiger partial charge in [-0.2, -0.15) is 8.42 Å². The molecule has 1 saturated carbocycles. The predicted molar refractivity (Wildman–Crippen MR) is 138 cm³/mol. The van der Waals surface area contributed by atoms with Gasteiger partial charge >= 0.3 is 5.97 Å². The number of aromatic nitrogens is 1. The van der Waals surface area contributed by atoms with Crippen LogP contribution in [0.25, 0.3) is 10.9 Å². The smallest absolute Gasteiger partial charge is 0.347 e. The molecule has 1 unspecified atom stereocenters. The first kappa shape index (κ1) is 25.7. The standard InChI is InChI=1S/C26H26FN3O7S/c1-3-36-26(33)14(2)37-17-7-8-19-21(13-17)38(34,35)29-24(28-19)22-23(31)18-12-16(27)6-9-20(18)30(25(22)32)11-10-15-4-5-15/h6-9,12-15,31H,3-5,10-11H2,1-2H3,(H,28,29).